The lowest BCUT2D eigenvalue weighted by Crippen LogP contribution is -2.12. The molecule has 0 saturated heterocycles. The van der Waals surface area contributed by atoms with E-state index in [1.54, 1.807) is 27.7 Å². The van der Waals surface area contributed by atoms with Gasteiger partial charge in [-0.15, -0.1) is 0 Å². The van der Waals surface area contributed by atoms with E-state index in [9.17, 15) is 19.2 Å². The maximum Gasteiger partial charge on any atom is 0.310 e. The van der Waals surface area contributed by atoms with E-state index in [0.29, 0.717) is 0 Å². The molecule has 2 N–H and O–H groups in total. The molecule has 0 aliphatic heterocycles. The first kappa shape index (κ1) is 18.6. The molecular weight excluding hydrogens is 240 g/mol. The van der Waals surface area contributed by atoms with Crippen LogP contribution in [0.5, 0.6) is 0 Å². The van der Waals surface area contributed by atoms with Crippen molar-refractivity contribution >= 4 is 23.5 Å². The molecule has 0 aromatic carbocycles. The molecule has 0 aliphatic carbocycles. The van der Waals surface area contributed by atoms with Gasteiger partial charge in [-0.25, -0.2) is 0 Å². The van der Waals surface area contributed by atoms with Crippen LogP contribution in [-0.2, 0) is 19.2 Å². The van der Waals surface area contributed by atoms with Gasteiger partial charge in [0.05, 0.1) is 0 Å². The Morgan fingerprint density at radius 1 is 0.722 bits per heavy atom. The number of aliphatic carboxylic acids is 2. The van der Waals surface area contributed by atoms with Crippen LogP contribution in [0, 0.1) is 11.8 Å². The minimum Gasteiger partial charge on any atom is -0.481 e. The van der Waals surface area contributed by atoms with Crippen molar-refractivity contribution in [1.29, 1.82) is 0 Å². The Morgan fingerprint density at radius 2 is 0.944 bits per heavy atom. The zero-order chi connectivity index (χ0) is 14.9. The first-order chi connectivity index (χ1) is 8.07. The van der Waals surface area contributed by atoms with Crippen LogP contribution in [0.4, 0.5) is 0 Å². The van der Waals surface area contributed by atoms with Gasteiger partial charge in [-0.2, -0.15) is 0 Å². The third-order valence-corrected chi connectivity index (χ3v) is 1.94. The average molecular weight is 260 g/mol. The minimum absolute atomic E-state index is 0.166. The fraction of sp³-hybridized carbons (Fsp3) is 0.667. The summed E-state index contributed by atoms with van der Waals surface area (Å²) >= 11 is 0. The molecule has 18 heavy (non-hydrogen) atoms. The van der Waals surface area contributed by atoms with E-state index >= 15 is 0 Å². The molecule has 0 aromatic heterocycles. The number of carboxylic acids is 2. The van der Waals surface area contributed by atoms with Gasteiger partial charge in [0.15, 0.2) is 0 Å². The van der Waals surface area contributed by atoms with Crippen LogP contribution in [0.3, 0.4) is 0 Å². The number of carbonyl (C=O) groups excluding carboxylic acids is 2. The molecular formula is C12H20O6. The van der Waals surface area contributed by atoms with Crippen molar-refractivity contribution < 1.29 is 29.4 Å². The molecule has 0 fully saturated rings. The summed E-state index contributed by atoms with van der Waals surface area (Å²) in [6.07, 6.45) is -0.699. The smallest absolute Gasteiger partial charge is 0.310 e. The summed E-state index contributed by atoms with van der Waals surface area (Å²) < 4.78 is 0. The van der Waals surface area contributed by atoms with E-state index in [1.165, 1.54) is 0 Å². The zero-order valence-electron chi connectivity index (χ0n) is 11.1. The molecule has 0 heterocycles. The quantitative estimate of drug-likeness (QED) is 0.698. The van der Waals surface area contributed by atoms with Crippen molar-refractivity contribution in [3.8, 4) is 0 Å². The standard InChI is InChI=1S/2C6H10O3/c2*1-4(2)5(7)3-6(8)9/h2*4H,3H2,1-2H3,(H,8,9). The Labute approximate surface area is 106 Å². The van der Waals surface area contributed by atoms with Crippen LogP contribution in [0.25, 0.3) is 0 Å². The summed E-state index contributed by atoms with van der Waals surface area (Å²) in [4.78, 5) is 40.9. The predicted octanol–water partition coefficient (Wildman–Crippen LogP) is 1.37. The highest BCUT2D eigenvalue weighted by Crippen LogP contribution is 1.97. The van der Waals surface area contributed by atoms with Crippen LogP contribution >= 0.6 is 0 Å². The van der Waals surface area contributed by atoms with Crippen LogP contribution in [0.2, 0.25) is 0 Å². The first-order valence-corrected chi connectivity index (χ1v) is 5.56. The van der Waals surface area contributed by atoms with Crippen LogP contribution in [0.15, 0.2) is 0 Å². The molecule has 0 spiro atoms. The van der Waals surface area contributed by atoms with Crippen molar-refractivity contribution in [3.63, 3.8) is 0 Å². The van der Waals surface area contributed by atoms with Gasteiger partial charge in [0, 0.05) is 11.8 Å². The highest BCUT2D eigenvalue weighted by atomic mass is 16.4. The highest BCUT2D eigenvalue weighted by molar-refractivity contribution is 5.96. The largest absolute Gasteiger partial charge is 0.481 e. The third kappa shape index (κ3) is 12.4. The van der Waals surface area contributed by atoms with Crippen molar-refractivity contribution in [3.05, 3.63) is 0 Å². The molecule has 0 saturated carbocycles. The lowest BCUT2D eigenvalue weighted by molar-refractivity contribution is -0.142. The molecule has 0 atom stereocenters. The minimum atomic E-state index is -1.05. The van der Waals surface area contributed by atoms with E-state index in [1.807, 2.05) is 0 Å². The average Bonchev–Trinajstić information content (AvgIpc) is 2.16. The van der Waals surface area contributed by atoms with E-state index in [-0.39, 0.29) is 36.2 Å². The van der Waals surface area contributed by atoms with Crippen LogP contribution < -0.4 is 0 Å². The fourth-order valence-electron chi connectivity index (χ4n) is 0.706. The summed E-state index contributed by atoms with van der Waals surface area (Å²) in [7, 11) is 0. The van der Waals surface area contributed by atoms with Crippen molar-refractivity contribution in [2.24, 2.45) is 11.8 Å². The third-order valence-electron chi connectivity index (χ3n) is 1.94. The molecule has 0 unspecified atom stereocenters. The second kappa shape index (κ2) is 9.32. The van der Waals surface area contributed by atoms with Crippen molar-refractivity contribution in [1.82, 2.24) is 0 Å². The number of hydrogen-bond acceptors (Lipinski definition) is 4. The first-order valence-electron chi connectivity index (χ1n) is 5.56. The Hall–Kier alpha value is -1.72. The fourth-order valence-corrected chi connectivity index (χ4v) is 0.706. The number of ketones is 2. The lowest BCUT2D eigenvalue weighted by Gasteiger charge is -1.97. The van der Waals surface area contributed by atoms with Crippen LogP contribution in [0.1, 0.15) is 40.5 Å². The van der Waals surface area contributed by atoms with Gasteiger partial charge < -0.3 is 10.2 Å². The number of hydrogen-bond donors (Lipinski definition) is 2. The van der Waals surface area contributed by atoms with E-state index in [2.05, 4.69) is 0 Å². The van der Waals surface area contributed by atoms with E-state index in [4.69, 9.17) is 10.2 Å². The van der Waals surface area contributed by atoms with Gasteiger partial charge in [0.1, 0.15) is 24.4 Å². The van der Waals surface area contributed by atoms with Gasteiger partial charge in [0.25, 0.3) is 0 Å². The normalized spacial score (nSPS) is 9.67. The second-order valence-corrected chi connectivity index (χ2v) is 4.38. The number of carbonyl (C=O) groups is 4. The molecule has 6 heteroatoms. The number of rotatable bonds is 6. The maximum atomic E-state index is 10.6. The number of Topliss-reactive ketones (excluding diaryl/α,β-unsaturated/α-hetero) is 2. The molecule has 0 aromatic rings. The molecule has 0 aliphatic rings. The Kier molecular flexibility index (Phi) is 9.66. The van der Waals surface area contributed by atoms with E-state index in [0.717, 1.165) is 0 Å². The Morgan fingerprint density at radius 3 is 1.00 bits per heavy atom. The topological polar surface area (TPSA) is 109 Å². The molecule has 0 radical (unpaired) electrons. The van der Waals surface area contributed by atoms with Crippen LogP contribution in [-0.4, -0.2) is 33.7 Å². The lowest BCUT2D eigenvalue weighted by atomic mass is 10.1. The molecule has 104 valence electrons. The van der Waals surface area contributed by atoms with E-state index < -0.39 is 11.9 Å². The van der Waals surface area contributed by atoms with Gasteiger partial charge in [-0.3, -0.25) is 19.2 Å². The summed E-state index contributed by atoms with van der Waals surface area (Å²) in [6, 6.07) is 0. The van der Waals surface area contributed by atoms with Crippen molar-refractivity contribution in [2.75, 3.05) is 0 Å². The SMILES string of the molecule is CC(C)C(=O)CC(=O)O.CC(C)C(=O)CC(=O)O. The van der Waals surface area contributed by atoms with Gasteiger partial charge in [-0.05, 0) is 0 Å². The summed E-state index contributed by atoms with van der Waals surface area (Å²) in [5.41, 5.74) is 0. The predicted molar refractivity (Wildman–Crippen MR) is 64.2 cm³/mol. The van der Waals surface area contributed by atoms with Gasteiger partial charge >= 0.3 is 11.9 Å². The van der Waals surface area contributed by atoms with Crippen molar-refractivity contribution in [2.45, 2.75) is 40.5 Å². The maximum absolute atomic E-state index is 10.6. The number of carboxylic acid groups (broad SMARTS) is 2. The zero-order valence-corrected chi connectivity index (χ0v) is 11.1. The Balaban J connectivity index is 0. The molecule has 0 amide bonds. The second-order valence-electron chi connectivity index (χ2n) is 4.38. The molecule has 0 bridgehead atoms. The van der Waals surface area contributed by atoms with Gasteiger partial charge in [0.2, 0.25) is 0 Å². The summed E-state index contributed by atoms with van der Waals surface area (Å²) in [5.74, 6) is -2.87. The summed E-state index contributed by atoms with van der Waals surface area (Å²) in [6.45, 7) is 6.74. The Bertz CT molecular complexity index is 285. The monoisotopic (exact) mass is 260 g/mol. The summed E-state index contributed by atoms with van der Waals surface area (Å²) in [5, 5.41) is 16.2. The molecule has 0 rings (SSSR count). The highest BCUT2D eigenvalue weighted by Gasteiger charge is 2.11. The van der Waals surface area contributed by atoms with Gasteiger partial charge in [-0.1, -0.05) is 27.7 Å². The molecule has 6 nitrogen and oxygen atoms in total.